The molecule has 3 aromatic carbocycles. The number of aliphatic hydroxyl groups excluding tert-OH is 1. The molecule has 714 valence electrons. The van der Waals surface area contributed by atoms with Gasteiger partial charge in [-0.3, -0.25) is 81.5 Å². The average Bonchev–Trinajstić information content (AvgIpc) is 1.78. The number of unbranched alkanes of at least 4 members (excludes halogenated alkanes) is 2. The van der Waals surface area contributed by atoms with Crippen LogP contribution in [0.2, 0.25) is 0 Å². The quantitative estimate of drug-likeness (QED) is 0.0398. The zero-order valence-electron chi connectivity index (χ0n) is 76.2. The molecule has 4 fully saturated rings. The zero-order chi connectivity index (χ0) is 95.6. The number of carbonyl (C=O) groups excluding carboxylic acids is 17. The molecule has 17 amide bonds. The summed E-state index contributed by atoms with van der Waals surface area (Å²) in [6.45, 7) is 9.79. The lowest BCUT2D eigenvalue weighted by Crippen LogP contribution is -2.61. The Morgan fingerprint density at radius 1 is 0.542 bits per heavy atom. The molecule has 3 saturated heterocycles. The Morgan fingerprint density at radius 3 is 1.68 bits per heavy atom. The second kappa shape index (κ2) is 48.6. The number of aliphatic hydroxyl groups is 1. The molecule has 39 nitrogen and oxygen atoms in total. The van der Waals surface area contributed by atoms with E-state index in [2.05, 4.69) is 68.5 Å². The fraction of sp³-hybridized carbons (Fsp3) is 0.571. The largest absolute Gasteiger partial charge is 0.508 e. The van der Waals surface area contributed by atoms with Crippen LogP contribution in [0.1, 0.15) is 161 Å². The molecule has 2 aromatic heterocycles. The molecule has 0 radical (unpaired) electrons. The Labute approximate surface area is 765 Å². The maximum atomic E-state index is 15.6. The summed E-state index contributed by atoms with van der Waals surface area (Å²) in [7, 11) is 4.07. The van der Waals surface area contributed by atoms with Crippen molar-refractivity contribution < 1.29 is 91.7 Å². The Morgan fingerprint density at radius 2 is 1.08 bits per heavy atom. The van der Waals surface area contributed by atoms with Gasteiger partial charge in [-0.2, -0.15) is 0 Å². The first-order valence-corrected chi connectivity index (χ1v) is 46.3. The maximum absolute atomic E-state index is 15.6. The van der Waals surface area contributed by atoms with Gasteiger partial charge in [0.15, 0.2) is 0 Å². The Bertz CT molecular complexity index is 4900. The van der Waals surface area contributed by atoms with Gasteiger partial charge in [-0.1, -0.05) is 116 Å². The number of fused-ring (bicyclic) bond motifs is 4. The topological polar surface area (TPSA) is 563 Å². The van der Waals surface area contributed by atoms with Crippen molar-refractivity contribution in [2.75, 3.05) is 65.4 Å². The molecule has 19 N–H and O–H groups in total. The molecule has 40 heteroatoms. The van der Waals surface area contributed by atoms with Gasteiger partial charge in [0.2, 0.25) is 100 Å². The number of amides is 17. The molecular formula is C91H130N20O19S. The van der Waals surface area contributed by atoms with Crippen molar-refractivity contribution in [3.63, 3.8) is 0 Å². The normalized spacial score (nSPS) is 25.3. The predicted molar refractivity (Wildman–Crippen MR) is 487 cm³/mol. The SMILES string of the molecule is CCCC[C@H]1C(=O)N(C)[C@@H](CCCC)C(=O)N[C@@H](CC(C)C)C(=O)N[C@H](C(=O)NCC(=O)NC2CCC2)CSCC(=O)N[C@@H](Cc2ccc(O)cc2)C(=O)N(C)[C@@H](C)C(=O)N[C@@H](CC(N)=O)C(=O)N2CCC[C@H]2C(=O)N[C@@H](CN)C(=O)N[C@@H](CC(C)C)C(=O)N2C[C@H](O)C[C@H]2C(=O)N[C@@H](Cc2c[nH]c3ccccc23)C(=O)NCC(=O)NC(Cc2c[nH]c3ccccc23)C(=O)N1C. The van der Waals surface area contributed by atoms with Crippen molar-refractivity contribution >= 4 is 134 Å². The number of nitrogens with two attached hydrogens (primary N) is 2. The number of para-hydroxylation sites is 2. The van der Waals surface area contributed by atoms with Crippen LogP contribution in [0, 0.1) is 11.8 Å². The maximum Gasteiger partial charge on any atom is 0.246 e. The number of phenols is 1. The number of likely N-dealkylation sites (N-methyl/N-ethyl adjacent to an activating group) is 3. The van der Waals surface area contributed by atoms with Crippen molar-refractivity contribution in [1.82, 2.24) is 93.0 Å². The van der Waals surface area contributed by atoms with Crippen molar-refractivity contribution in [2.45, 2.75) is 255 Å². The van der Waals surface area contributed by atoms with Crippen LogP contribution in [0.4, 0.5) is 0 Å². The van der Waals surface area contributed by atoms with Gasteiger partial charge >= 0.3 is 0 Å². The number of benzene rings is 3. The number of rotatable bonds is 23. The number of phenolic OH excluding ortho intramolecular Hbond substituents is 1. The molecule has 4 aliphatic rings. The summed E-state index contributed by atoms with van der Waals surface area (Å²) in [5, 5.41) is 52.7. The van der Waals surface area contributed by atoms with Crippen LogP contribution in [0.5, 0.6) is 5.75 Å². The number of aromatic amines is 2. The molecule has 1 saturated carbocycles. The van der Waals surface area contributed by atoms with Gasteiger partial charge in [-0.15, -0.1) is 11.8 Å². The highest BCUT2D eigenvalue weighted by molar-refractivity contribution is 8.00. The third-order valence-electron chi connectivity index (χ3n) is 24.4. The van der Waals surface area contributed by atoms with Gasteiger partial charge in [0.05, 0.1) is 31.4 Å². The summed E-state index contributed by atoms with van der Waals surface area (Å²) in [5.41, 5.74) is 14.8. The number of aromatic hydroxyl groups is 1. The highest BCUT2D eigenvalue weighted by atomic mass is 32.2. The second-order valence-corrected chi connectivity index (χ2v) is 36.4. The molecule has 9 rings (SSSR count). The van der Waals surface area contributed by atoms with E-state index in [4.69, 9.17) is 11.5 Å². The lowest BCUT2D eigenvalue weighted by atomic mass is 9.93. The van der Waals surface area contributed by atoms with E-state index in [0.29, 0.717) is 64.2 Å². The Balaban J connectivity index is 1.06. The predicted octanol–water partition coefficient (Wildman–Crippen LogP) is -0.331. The third-order valence-corrected chi connectivity index (χ3v) is 25.4. The molecule has 14 atom stereocenters. The summed E-state index contributed by atoms with van der Waals surface area (Å²) in [6.07, 6.45) is 4.81. The van der Waals surface area contributed by atoms with Crippen LogP contribution in [-0.2, 0) is 101 Å². The van der Waals surface area contributed by atoms with Gasteiger partial charge in [0, 0.05) is 112 Å². The smallest absolute Gasteiger partial charge is 0.246 e. The first-order chi connectivity index (χ1) is 62.4. The summed E-state index contributed by atoms with van der Waals surface area (Å²) in [5.74, 6) is -16.0. The summed E-state index contributed by atoms with van der Waals surface area (Å²) in [4.78, 5) is 261. The molecule has 0 spiro atoms. The van der Waals surface area contributed by atoms with Crippen LogP contribution >= 0.6 is 11.8 Å². The van der Waals surface area contributed by atoms with Gasteiger partial charge in [-0.05, 0) is 118 Å². The average molecular weight is 1840 g/mol. The molecular weight excluding hydrogens is 1710 g/mol. The van der Waals surface area contributed by atoms with E-state index >= 15 is 28.8 Å². The van der Waals surface area contributed by atoms with Crippen LogP contribution in [0.25, 0.3) is 21.8 Å². The first kappa shape index (κ1) is 103. The van der Waals surface area contributed by atoms with Gasteiger partial charge in [0.25, 0.3) is 0 Å². The highest BCUT2D eigenvalue weighted by Crippen LogP contribution is 2.28. The molecule has 0 bridgehead atoms. The van der Waals surface area contributed by atoms with Crippen LogP contribution in [0.3, 0.4) is 0 Å². The molecule has 3 aliphatic heterocycles. The van der Waals surface area contributed by atoms with E-state index < -0.39 is 223 Å². The van der Waals surface area contributed by atoms with E-state index in [1.54, 1.807) is 70.4 Å². The van der Waals surface area contributed by atoms with Crippen LogP contribution in [-0.4, -0.2) is 301 Å². The number of primary amides is 1. The van der Waals surface area contributed by atoms with Gasteiger partial charge < -0.3 is 115 Å². The van der Waals surface area contributed by atoms with Crippen LogP contribution in [0.15, 0.2) is 85.2 Å². The molecule has 5 heterocycles. The van der Waals surface area contributed by atoms with E-state index in [9.17, 15) is 63.0 Å². The minimum atomic E-state index is -1.75. The molecule has 1 aliphatic carbocycles. The minimum Gasteiger partial charge on any atom is -0.508 e. The van der Waals surface area contributed by atoms with Crippen molar-refractivity contribution in [3.8, 4) is 5.75 Å². The van der Waals surface area contributed by atoms with Crippen molar-refractivity contribution in [1.29, 1.82) is 0 Å². The van der Waals surface area contributed by atoms with Gasteiger partial charge in [0.1, 0.15) is 84.3 Å². The monoisotopic (exact) mass is 1840 g/mol. The minimum absolute atomic E-state index is 0.00553. The second-order valence-electron chi connectivity index (χ2n) is 35.3. The fourth-order valence-electron chi connectivity index (χ4n) is 16.7. The third kappa shape index (κ3) is 28.4. The summed E-state index contributed by atoms with van der Waals surface area (Å²) in [6, 6.07) is 0.993. The molecule has 5 aromatic rings. The Hall–Kier alpha value is -12.2. The summed E-state index contributed by atoms with van der Waals surface area (Å²) < 4.78 is 0. The standard InChI is InChI=1S/C91H130N20O19S/c1-11-13-27-71-84(123)101-63(35-50(3)4)82(121)106-70(81(120)97-45-76(115)98-56-21-19-22-56)48-131-49-78(117)100-66(37-53-30-32-57(112)33-31-53)87(126)107(8)52(7)79(118)103-68(41-75(93)114)89(128)110-34-20-29-72(110)85(124)105-69(42-92)83(122)104-65(36-51(5)6)90(129)111-47-58(113)40-74(111)86(125)102-64(38-54-43-94-61-25-17-15-23-59(54)61)80(119)96-46-77(116)99-67(39-55-44-95-62-26-18-16-24-60(55)62)88(127)109(10)73(28-14-12-2)91(130)108(71)9/h15-18,23-26,30-33,43-44,50-52,56,58,63-74,94-95,112-113H,11-14,19-22,27-29,34-42,45-49,92H2,1-10H3,(H2,93,114)(H,96,119)(H,97,120)(H,98,115)(H,99,116)(H,100,117)(H,101,123)(H,102,125)(H,103,118)(H,104,122)(H,105,124)(H,106,121)/t52-,58+,63-,64-,65-,66-,67?,68-,69-,70-,71-,72-,73-,74-/m0/s1. The fourth-order valence-corrected chi connectivity index (χ4v) is 17.6. The number of hydrogen-bond donors (Lipinski definition) is 17. The van der Waals surface area contributed by atoms with Crippen molar-refractivity contribution in [3.05, 3.63) is 102 Å². The number of nitrogens with one attached hydrogen (secondary N) is 13. The van der Waals surface area contributed by atoms with E-state index in [0.717, 1.165) is 45.7 Å². The summed E-state index contributed by atoms with van der Waals surface area (Å²) >= 11 is 0.843. The lowest BCUT2D eigenvalue weighted by Gasteiger charge is -2.36. The van der Waals surface area contributed by atoms with Gasteiger partial charge in [-0.25, -0.2) is 0 Å². The van der Waals surface area contributed by atoms with E-state index in [1.165, 1.54) is 62.1 Å². The number of nitrogens with zero attached hydrogens (tertiary/aromatic N) is 5. The Kier molecular flexibility index (Phi) is 38.1. The number of aromatic nitrogens is 2. The number of carbonyl (C=O) groups is 17. The van der Waals surface area contributed by atoms with E-state index in [1.807, 2.05) is 32.0 Å². The number of hydrogen-bond acceptors (Lipinski definition) is 21. The van der Waals surface area contributed by atoms with Crippen LogP contribution < -0.4 is 70.0 Å². The number of thioether (sulfide) groups is 1. The van der Waals surface area contributed by atoms with E-state index in [-0.39, 0.29) is 100 Å². The first-order valence-electron chi connectivity index (χ1n) is 45.2. The zero-order valence-corrected chi connectivity index (χ0v) is 77.0. The van der Waals surface area contributed by atoms with Crippen molar-refractivity contribution in [2.24, 2.45) is 23.3 Å². The lowest BCUT2D eigenvalue weighted by molar-refractivity contribution is -0.149. The molecule has 131 heavy (non-hydrogen) atoms. The number of H-pyrrole nitrogens is 2. The molecule has 1 unspecified atom stereocenters. The highest BCUT2D eigenvalue weighted by Gasteiger charge is 2.46.